The summed E-state index contributed by atoms with van der Waals surface area (Å²) in [5.41, 5.74) is 0.800. The Kier molecular flexibility index (Phi) is 5.05. The van der Waals surface area contributed by atoms with E-state index >= 15 is 0 Å². The van der Waals surface area contributed by atoms with Gasteiger partial charge >= 0.3 is 5.97 Å². The lowest BCUT2D eigenvalue weighted by Gasteiger charge is -2.11. The molecule has 6 heteroatoms. The average Bonchev–Trinajstić information content (AvgIpc) is 2.25. The zero-order valence-corrected chi connectivity index (χ0v) is 11.0. The number of aliphatic carboxylic acids is 1. The van der Waals surface area contributed by atoms with Gasteiger partial charge in [0.05, 0.1) is 17.2 Å². The summed E-state index contributed by atoms with van der Waals surface area (Å²) in [6.45, 7) is 1.94. The van der Waals surface area contributed by atoms with Crippen LogP contribution in [-0.4, -0.2) is 24.2 Å². The van der Waals surface area contributed by atoms with Crippen LogP contribution in [0.5, 0.6) is 5.75 Å². The highest BCUT2D eigenvalue weighted by Crippen LogP contribution is 2.33. The Balaban J connectivity index is 2.77. The van der Waals surface area contributed by atoms with Crippen LogP contribution in [0, 0.1) is 0 Å². The summed E-state index contributed by atoms with van der Waals surface area (Å²) >= 11 is 11.9. The second-order valence-corrected chi connectivity index (χ2v) is 4.35. The number of hydrogen-bond donors (Lipinski definition) is 2. The number of benzene rings is 1. The molecule has 0 saturated carbocycles. The van der Waals surface area contributed by atoms with Gasteiger partial charge in [0.1, 0.15) is 6.04 Å². The third kappa shape index (κ3) is 3.77. The van der Waals surface area contributed by atoms with Crippen molar-refractivity contribution in [3.05, 3.63) is 27.7 Å². The van der Waals surface area contributed by atoms with E-state index in [1.54, 1.807) is 19.1 Å². The largest absolute Gasteiger partial charge is 0.494 e. The molecule has 0 unspecified atom stereocenters. The normalized spacial score (nSPS) is 12.2. The fourth-order valence-corrected chi connectivity index (χ4v) is 1.95. The topological polar surface area (TPSA) is 58.6 Å². The van der Waals surface area contributed by atoms with Gasteiger partial charge in [-0.3, -0.25) is 4.79 Å². The first-order chi connectivity index (χ1) is 7.95. The minimum atomic E-state index is -0.907. The van der Waals surface area contributed by atoms with Crippen LogP contribution in [0.3, 0.4) is 0 Å². The van der Waals surface area contributed by atoms with E-state index in [-0.39, 0.29) is 0 Å². The van der Waals surface area contributed by atoms with Crippen LogP contribution in [0.4, 0.5) is 0 Å². The van der Waals surface area contributed by atoms with Crippen LogP contribution in [0.25, 0.3) is 0 Å². The molecule has 17 heavy (non-hydrogen) atoms. The summed E-state index contributed by atoms with van der Waals surface area (Å²) in [7, 11) is 1.48. The fraction of sp³-hybridized carbons (Fsp3) is 0.364. The van der Waals surface area contributed by atoms with Crippen LogP contribution in [0.15, 0.2) is 12.1 Å². The Hall–Kier alpha value is -0.970. The standard InChI is InChI=1S/C11H13Cl2NO3/c1-6(11(15)16)14-5-7-3-8(12)10(17-2)9(13)4-7/h3-4,6,14H,5H2,1-2H3,(H,15,16)/t6-/m1/s1. The van der Waals surface area contributed by atoms with Crippen molar-refractivity contribution in [1.82, 2.24) is 5.32 Å². The van der Waals surface area contributed by atoms with Crippen LogP contribution in [-0.2, 0) is 11.3 Å². The lowest BCUT2D eigenvalue weighted by molar-refractivity contribution is -0.139. The van der Waals surface area contributed by atoms with E-state index in [4.69, 9.17) is 33.0 Å². The molecule has 0 bridgehead atoms. The first kappa shape index (κ1) is 14.1. The Morgan fingerprint density at radius 2 is 2.00 bits per heavy atom. The van der Waals surface area contributed by atoms with E-state index in [2.05, 4.69) is 5.32 Å². The fourth-order valence-electron chi connectivity index (χ4n) is 1.27. The minimum Gasteiger partial charge on any atom is -0.494 e. The molecule has 0 aliphatic rings. The van der Waals surface area contributed by atoms with Gasteiger partial charge in [0, 0.05) is 6.54 Å². The second-order valence-electron chi connectivity index (χ2n) is 3.53. The molecule has 1 rings (SSSR count). The Morgan fingerprint density at radius 3 is 2.41 bits per heavy atom. The number of nitrogens with one attached hydrogen (secondary N) is 1. The van der Waals surface area contributed by atoms with Crippen LogP contribution < -0.4 is 10.1 Å². The maximum absolute atomic E-state index is 10.6. The molecule has 0 spiro atoms. The number of ether oxygens (including phenoxy) is 1. The first-order valence-corrected chi connectivity index (χ1v) is 5.69. The van der Waals surface area contributed by atoms with E-state index in [0.29, 0.717) is 22.3 Å². The first-order valence-electron chi connectivity index (χ1n) is 4.93. The molecule has 0 amide bonds. The number of hydrogen-bond acceptors (Lipinski definition) is 3. The molecule has 0 aliphatic heterocycles. The lowest BCUT2D eigenvalue weighted by Crippen LogP contribution is -2.33. The van der Waals surface area contributed by atoms with Crippen LogP contribution >= 0.6 is 23.2 Å². The van der Waals surface area contributed by atoms with Gasteiger partial charge in [-0.2, -0.15) is 0 Å². The predicted octanol–water partition coefficient (Wildman–Crippen LogP) is 2.56. The Morgan fingerprint density at radius 1 is 1.47 bits per heavy atom. The van der Waals surface area contributed by atoms with E-state index in [0.717, 1.165) is 5.56 Å². The van der Waals surface area contributed by atoms with E-state index < -0.39 is 12.0 Å². The predicted molar refractivity (Wildman–Crippen MR) is 67.0 cm³/mol. The number of carbonyl (C=O) groups is 1. The summed E-state index contributed by atoms with van der Waals surface area (Å²) in [4.78, 5) is 10.6. The molecule has 0 radical (unpaired) electrons. The van der Waals surface area contributed by atoms with Crippen LogP contribution in [0.2, 0.25) is 10.0 Å². The SMILES string of the molecule is COc1c(Cl)cc(CN[C@H](C)C(=O)O)cc1Cl. The van der Waals surface area contributed by atoms with E-state index in [1.165, 1.54) is 7.11 Å². The van der Waals surface area contributed by atoms with Crippen molar-refractivity contribution in [2.45, 2.75) is 19.5 Å². The molecule has 0 aromatic heterocycles. The number of methoxy groups -OCH3 is 1. The highest BCUT2D eigenvalue weighted by Gasteiger charge is 2.12. The zero-order chi connectivity index (χ0) is 13.0. The van der Waals surface area contributed by atoms with Gasteiger partial charge in [-0.05, 0) is 24.6 Å². The Labute approximate surface area is 109 Å². The quantitative estimate of drug-likeness (QED) is 0.869. The van der Waals surface area contributed by atoms with Crippen molar-refractivity contribution in [1.29, 1.82) is 0 Å². The molecule has 4 nitrogen and oxygen atoms in total. The summed E-state index contributed by atoms with van der Waals surface area (Å²) in [6.07, 6.45) is 0. The highest BCUT2D eigenvalue weighted by molar-refractivity contribution is 6.37. The number of rotatable bonds is 5. The molecule has 1 aromatic carbocycles. The lowest BCUT2D eigenvalue weighted by atomic mass is 10.2. The van der Waals surface area contributed by atoms with Gasteiger partial charge in [-0.15, -0.1) is 0 Å². The smallest absolute Gasteiger partial charge is 0.320 e. The number of halogens is 2. The molecule has 0 fully saturated rings. The average molecular weight is 278 g/mol. The molecule has 0 saturated heterocycles. The van der Waals surface area contributed by atoms with Gasteiger partial charge in [0.15, 0.2) is 5.75 Å². The summed E-state index contributed by atoms with van der Waals surface area (Å²) < 4.78 is 5.02. The molecular weight excluding hydrogens is 265 g/mol. The van der Waals surface area contributed by atoms with Gasteiger partial charge in [-0.1, -0.05) is 23.2 Å². The van der Waals surface area contributed by atoms with Gasteiger partial charge in [-0.25, -0.2) is 0 Å². The molecule has 1 atom stereocenters. The zero-order valence-electron chi connectivity index (χ0n) is 9.46. The van der Waals surface area contributed by atoms with Gasteiger partial charge in [0.25, 0.3) is 0 Å². The molecular formula is C11H13Cl2NO3. The second kappa shape index (κ2) is 6.10. The van der Waals surface area contributed by atoms with Crippen molar-refractivity contribution >= 4 is 29.2 Å². The molecule has 0 aliphatic carbocycles. The van der Waals surface area contributed by atoms with E-state index in [1.807, 2.05) is 0 Å². The van der Waals surface area contributed by atoms with Crippen molar-refractivity contribution in [2.75, 3.05) is 7.11 Å². The third-order valence-corrected chi connectivity index (χ3v) is 2.81. The van der Waals surface area contributed by atoms with Crippen molar-refractivity contribution in [2.24, 2.45) is 0 Å². The monoisotopic (exact) mass is 277 g/mol. The molecule has 94 valence electrons. The third-order valence-electron chi connectivity index (χ3n) is 2.24. The van der Waals surface area contributed by atoms with Gasteiger partial charge in [0.2, 0.25) is 0 Å². The maximum Gasteiger partial charge on any atom is 0.320 e. The number of carboxylic acid groups (broad SMARTS) is 1. The van der Waals surface area contributed by atoms with E-state index in [9.17, 15) is 4.79 Å². The highest BCUT2D eigenvalue weighted by atomic mass is 35.5. The molecule has 0 heterocycles. The minimum absolute atomic E-state index is 0.372. The molecule has 2 N–H and O–H groups in total. The summed E-state index contributed by atoms with van der Waals surface area (Å²) in [5, 5.41) is 12.4. The molecule has 1 aromatic rings. The van der Waals surface area contributed by atoms with Crippen molar-refractivity contribution < 1.29 is 14.6 Å². The maximum atomic E-state index is 10.6. The number of carboxylic acids is 1. The van der Waals surface area contributed by atoms with Gasteiger partial charge < -0.3 is 15.2 Å². The van der Waals surface area contributed by atoms with Crippen LogP contribution in [0.1, 0.15) is 12.5 Å². The van der Waals surface area contributed by atoms with Crippen molar-refractivity contribution in [3.8, 4) is 5.75 Å². The summed E-state index contributed by atoms with van der Waals surface area (Å²) in [6, 6.07) is 2.75. The summed E-state index contributed by atoms with van der Waals surface area (Å²) in [5.74, 6) is -0.487. The van der Waals surface area contributed by atoms with Crippen molar-refractivity contribution in [3.63, 3.8) is 0 Å². The Bertz CT molecular complexity index is 400.